The Morgan fingerprint density at radius 3 is 2.88 bits per heavy atom. The van der Waals surface area contributed by atoms with Gasteiger partial charge in [-0.1, -0.05) is 6.92 Å². The zero-order chi connectivity index (χ0) is 11.8. The highest BCUT2D eigenvalue weighted by Gasteiger charge is 2.16. The average molecular weight is 228 g/mol. The molecule has 0 aromatic carbocycles. The molecule has 1 aliphatic heterocycles. The Hall–Kier alpha value is -0.120. The number of rotatable bonds is 7. The summed E-state index contributed by atoms with van der Waals surface area (Å²) in [5.74, 6) is 0.747. The molecule has 2 N–H and O–H groups in total. The highest BCUT2D eigenvalue weighted by molar-refractivity contribution is 4.69. The predicted octanol–water partition coefficient (Wildman–Crippen LogP) is 1.86. The molecule has 2 unspecified atom stereocenters. The van der Waals surface area contributed by atoms with Crippen LogP contribution in [0.2, 0.25) is 0 Å². The molecular formula is C13H28N2O. The van der Waals surface area contributed by atoms with Crippen molar-refractivity contribution in [1.29, 1.82) is 0 Å². The van der Waals surface area contributed by atoms with Crippen LogP contribution in [0.1, 0.15) is 39.0 Å². The molecule has 1 heterocycles. The monoisotopic (exact) mass is 228 g/mol. The van der Waals surface area contributed by atoms with E-state index >= 15 is 0 Å². The molecule has 1 fully saturated rings. The van der Waals surface area contributed by atoms with Crippen LogP contribution in [-0.2, 0) is 4.74 Å². The lowest BCUT2D eigenvalue weighted by Crippen LogP contribution is -2.35. The fourth-order valence-electron chi connectivity index (χ4n) is 2.46. The van der Waals surface area contributed by atoms with Crippen LogP contribution in [0.4, 0.5) is 0 Å². The standard InChI is InChI=1S/C13H28N2O/c1-12(6-5-8-14)10-15(2)11-13-7-3-4-9-16-13/h12-13H,3-11,14H2,1-2H3. The minimum atomic E-state index is 0.473. The van der Waals surface area contributed by atoms with E-state index in [2.05, 4.69) is 18.9 Å². The van der Waals surface area contributed by atoms with Crippen LogP contribution in [0.3, 0.4) is 0 Å². The molecule has 3 nitrogen and oxygen atoms in total. The lowest BCUT2D eigenvalue weighted by atomic mass is 10.0. The maximum Gasteiger partial charge on any atom is 0.0701 e. The lowest BCUT2D eigenvalue weighted by Gasteiger charge is -2.28. The molecule has 0 aromatic rings. The first-order valence-electron chi connectivity index (χ1n) is 6.72. The van der Waals surface area contributed by atoms with Crippen LogP contribution in [0, 0.1) is 5.92 Å². The van der Waals surface area contributed by atoms with Crippen molar-refractivity contribution in [3.05, 3.63) is 0 Å². The molecule has 0 amide bonds. The topological polar surface area (TPSA) is 38.5 Å². The van der Waals surface area contributed by atoms with Gasteiger partial charge in [0.2, 0.25) is 0 Å². The molecule has 1 aliphatic rings. The van der Waals surface area contributed by atoms with Crippen molar-refractivity contribution < 1.29 is 4.74 Å². The number of nitrogens with zero attached hydrogens (tertiary/aromatic N) is 1. The number of hydrogen-bond acceptors (Lipinski definition) is 3. The average Bonchev–Trinajstić information content (AvgIpc) is 2.27. The molecule has 0 spiro atoms. The van der Waals surface area contributed by atoms with Gasteiger partial charge in [0.05, 0.1) is 6.10 Å². The lowest BCUT2D eigenvalue weighted by molar-refractivity contribution is -0.00329. The van der Waals surface area contributed by atoms with Gasteiger partial charge in [-0.2, -0.15) is 0 Å². The van der Waals surface area contributed by atoms with Crippen molar-refractivity contribution in [1.82, 2.24) is 4.90 Å². The Labute approximate surface area is 100 Å². The quantitative estimate of drug-likeness (QED) is 0.723. The van der Waals surface area contributed by atoms with Gasteiger partial charge in [0.1, 0.15) is 0 Å². The Bertz CT molecular complexity index is 169. The van der Waals surface area contributed by atoms with Crippen molar-refractivity contribution in [2.24, 2.45) is 11.7 Å². The minimum absolute atomic E-state index is 0.473. The number of hydrogen-bond donors (Lipinski definition) is 1. The maximum atomic E-state index is 5.75. The van der Waals surface area contributed by atoms with Crippen LogP contribution >= 0.6 is 0 Å². The van der Waals surface area contributed by atoms with Crippen LogP contribution in [-0.4, -0.2) is 44.3 Å². The van der Waals surface area contributed by atoms with Crippen LogP contribution in [0.15, 0.2) is 0 Å². The van der Waals surface area contributed by atoms with Crippen molar-refractivity contribution in [3.8, 4) is 0 Å². The molecule has 2 atom stereocenters. The third-order valence-electron chi connectivity index (χ3n) is 3.31. The Morgan fingerprint density at radius 1 is 1.44 bits per heavy atom. The second kappa shape index (κ2) is 8.04. The summed E-state index contributed by atoms with van der Waals surface area (Å²) in [6.45, 7) is 6.35. The Kier molecular flexibility index (Phi) is 7.01. The van der Waals surface area contributed by atoms with E-state index in [0.29, 0.717) is 6.10 Å². The number of ether oxygens (including phenoxy) is 1. The van der Waals surface area contributed by atoms with E-state index in [1.54, 1.807) is 0 Å². The van der Waals surface area contributed by atoms with Crippen LogP contribution in [0.5, 0.6) is 0 Å². The van der Waals surface area contributed by atoms with Gasteiger partial charge in [-0.25, -0.2) is 0 Å². The first-order chi connectivity index (χ1) is 7.72. The van der Waals surface area contributed by atoms with Gasteiger partial charge in [-0.3, -0.25) is 0 Å². The molecule has 0 saturated carbocycles. The van der Waals surface area contributed by atoms with E-state index < -0.39 is 0 Å². The molecule has 96 valence electrons. The molecule has 0 radical (unpaired) electrons. The molecule has 0 aliphatic carbocycles. The smallest absolute Gasteiger partial charge is 0.0701 e. The van der Waals surface area contributed by atoms with Gasteiger partial charge in [-0.15, -0.1) is 0 Å². The first kappa shape index (κ1) is 13.9. The van der Waals surface area contributed by atoms with E-state index in [1.165, 1.54) is 32.2 Å². The molecule has 1 rings (SSSR count). The van der Waals surface area contributed by atoms with Gasteiger partial charge >= 0.3 is 0 Å². The van der Waals surface area contributed by atoms with E-state index in [0.717, 1.165) is 32.0 Å². The SMILES string of the molecule is CC(CCCN)CN(C)CC1CCCCO1. The molecule has 16 heavy (non-hydrogen) atoms. The zero-order valence-electron chi connectivity index (χ0n) is 11.0. The van der Waals surface area contributed by atoms with Gasteiger partial charge < -0.3 is 15.4 Å². The van der Waals surface area contributed by atoms with Crippen LogP contribution < -0.4 is 5.73 Å². The number of likely N-dealkylation sites (N-methyl/N-ethyl adjacent to an activating group) is 1. The van der Waals surface area contributed by atoms with Crippen molar-refractivity contribution in [3.63, 3.8) is 0 Å². The Morgan fingerprint density at radius 2 is 2.25 bits per heavy atom. The van der Waals surface area contributed by atoms with Gasteiger partial charge in [0.15, 0.2) is 0 Å². The van der Waals surface area contributed by atoms with E-state index in [1.807, 2.05) is 0 Å². The van der Waals surface area contributed by atoms with Crippen molar-refractivity contribution in [2.75, 3.05) is 33.3 Å². The van der Waals surface area contributed by atoms with Crippen molar-refractivity contribution >= 4 is 0 Å². The minimum Gasteiger partial charge on any atom is -0.377 e. The Balaban J connectivity index is 2.11. The largest absolute Gasteiger partial charge is 0.377 e. The third-order valence-corrected chi connectivity index (χ3v) is 3.31. The summed E-state index contributed by atoms with van der Waals surface area (Å²) in [5.41, 5.74) is 5.52. The first-order valence-corrected chi connectivity index (χ1v) is 6.72. The summed E-state index contributed by atoms with van der Waals surface area (Å²) in [7, 11) is 2.21. The second-order valence-electron chi connectivity index (χ2n) is 5.25. The third kappa shape index (κ3) is 5.83. The summed E-state index contributed by atoms with van der Waals surface area (Å²) in [6.07, 6.45) is 6.68. The van der Waals surface area contributed by atoms with Gasteiger partial charge in [-0.05, 0) is 51.6 Å². The second-order valence-corrected chi connectivity index (χ2v) is 5.25. The highest BCUT2D eigenvalue weighted by Crippen LogP contribution is 2.14. The normalized spacial score (nSPS) is 23.6. The van der Waals surface area contributed by atoms with Crippen LogP contribution in [0.25, 0.3) is 0 Å². The summed E-state index contributed by atoms with van der Waals surface area (Å²) in [6, 6.07) is 0. The summed E-state index contributed by atoms with van der Waals surface area (Å²) in [5, 5.41) is 0. The summed E-state index contributed by atoms with van der Waals surface area (Å²) < 4.78 is 5.75. The molecule has 1 saturated heterocycles. The summed E-state index contributed by atoms with van der Waals surface area (Å²) in [4.78, 5) is 2.41. The predicted molar refractivity (Wildman–Crippen MR) is 68.5 cm³/mol. The van der Waals surface area contributed by atoms with Crippen molar-refractivity contribution in [2.45, 2.75) is 45.1 Å². The van der Waals surface area contributed by atoms with Gasteiger partial charge in [0, 0.05) is 19.7 Å². The molecule has 3 heteroatoms. The fraction of sp³-hybridized carbons (Fsp3) is 1.00. The molecule has 0 bridgehead atoms. The maximum absolute atomic E-state index is 5.75. The highest BCUT2D eigenvalue weighted by atomic mass is 16.5. The zero-order valence-corrected chi connectivity index (χ0v) is 11.0. The summed E-state index contributed by atoms with van der Waals surface area (Å²) >= 11 is 0. The number of nitrogens with two attached hydrogens (primary N) is 1. The fourth-order valence-corrected chi connectivity index (χ4v) is 2.46. The molecular weight excluding hydrogens is 200 g/mol. The van der Waals surface area contributed by atoms with Gasteiger partial charge in [0.25, 0.3) is 0 Å². The molecule has 0 aromatic heterocycles. The van der Waals surface area contributed by atoms with E-state index in [9.17, 15) is 0 Å². The van der Waals surface area contributed by atoms with E-state index in [4.69, 9.17) is 10.5 Å². The van der Waals surface area contributed by atoms with E-state index in [-0.39, 0.29) is 0 Å².